The zero-order chi connectivity index (χ0) is 24.7. The first-order valence-electron chi connectivity index (χ1n) is 10.6. The third-order valence-corrected chi connectivity index (χ3v) is 5.92. The average Bonchev–Trinajstić information content (AvgIpc) is 3.07. The number of thioether (sulfide) groups is 1. The number of nitrogens with zero attached hydrogens (tertiary/aromatic N) is 2. The minimum atomic E-state index is -0.388. The maximum Gasteiger partial charge on any atom is 0.338 e. The number of hydrogen-bond acceptors (Lipinski definition) is 7. The molecule has 7 nitrogen and oxygen atoms in total. The fourth-order valence-electron chi connectivity index (χ4n) is 3.02. The average molecular weight is 501 g/mol. The molecule has 9 heteroatoms. The summed E-state index contributed by atoms with van der Waals surface area (Å²) in [4.78, 5) is 31.2. The van der Waals surface area contributed by atoms with Gasteiger partial charge in [0, 0.05) is 7.05 Å². The van der Waals surface area contributed by atoms with Gasteiger partial charge in [0.2, 0.25) is 0 Å². The molecule has 0 spiro atoms. The smallest absolute Gasteiger partial charge is 0.338 e. The van der Waals surface area contributed by atoms with E-state index in [-0.39, 0.29) is 11.9 Å². The van der Waals surface area contributed by atoms with Gasteiger partial charge in [0.05, 0.1) is 34.4 Å². The van der Waals surface area contributed by atoms with Crippen LogP contribution in [-0.2, 0) is 9.53 Å². The number of carbonyl (C=O) groups excluding carboxylic acids is 2. The molecule has 0 aliphatic carbocycles. The predicted octanol–water partition coefficient (Wildman–Crippen LogP) is 5.71. The highest BCUT2D eigenvalue weighted by Gasteiger charge is 2.30. The van der Waals surface area contributed by atoms with Crippen LogP contribution < -0.4 is 9.47 Å². The number of esters is 1. The highest BCUT2D eigenvalue weighted by molar-refractivity contribution is 8.18. The number of rotatable bonds is 9. The quantitative estimate of drug-likeness (QED) is 0.249. The van der Waals surface area contributed by atoms with E-state index in [0.717, 1.165) is 0 Å². The van der Waals surface area contributed by atoms with Crippen LogP contribution in [0, 0.1) is 0 Å². The molecule has 2 aromatic carbocycles. The minimum absolute atomic E-state index is 0.187. The second kappa shape index (κ2) is 11.8. The summed E-state index contributed by atoms with van der Waals surface area (Å²) in [6, 6.07) is 10.2. The van der Waals surface area contributed by atoms with Gasteiger partial charge in [0.1, 0.15) is 6.61 Å². The fraction of sp³-hybridized carbons (Fsp3) is 0.240. The van der Waals surface area contributed by atoms with Gasteiger partial charge in [-0.2, -0.15) is 0 Å². The third-order valence-electron chi connectivity index (χ3n) is 4.58. The lowest BCUT2D eigenvalue weighted by Crippen LogP contribution is -2.23. The maximum atomic E-state index is 12.8. The van der Waals surface area contributed by atoms with Crippen molar-refractivity contribution in [1.82, 2.24) is 4.90 Å². The number of halogens is 1. The lowest BCUT2D eigenvalue weighted by Gasteiger charge is -2.13. The van der Waals surface area contributed by atoms with E-state index in [1.807, 2.05) is 6.92 Å². The number of benzene rings is 2. The monoisotopic (exact) mass is 500 g/mol. The van der Waals surface area contributed by atoms with Gasteiger partial charge in [-0.1, -0.05) is 24.3 Å². The Labute approximate surface area is 208 Å². The van der Waals surface area contributed by atoms with Crippen molar-refractivity contribution in [2.24, 2.45) is 4.99 Å². The van der Waals surface area contributed by atoms with E-state index >= 15 is 0 Å². The summed E-state index contributed by atoms with van der Waals surface area (Å²) in [6.07, 6.45) is 3.36. The van der Waals surface area contributed by atoms with Crippen molar-refractivity contribution >= 4 is 52.2 Å². The summed E-state index contributed by atoms with van der Waals surface area (Å²) in [6.45, 7) is 8.30. The van der Waals surface area contributed by atoms with Crippen molar-refractivity contribution in [3.8, 4) is 11.5 Å². The van der Waals surface area contributed by atoms with Crippen molar-refractivity contribution in [2.75, 3.05) is 26.9 Å². The van der Waals surface area contributed by atoms with E-state index in [9.17, 15) is 9.59 Å². The van der Waals surface area contributed by atoms with E-state index in [1.54, 1.807) is 62.5 Å². The van der Waals surface area contributed by atoms with Crippen LogP contribution in [0.5, 0.6) is 11.5 Å². The van der Waals surface area contributed by atoms with E-state index in [4.69, 9.17) is 25.8 Å². The molecule has 0 radical (unpaired) electrons. The lowest BCUT2D eigenvalue weighted by molar-refractivity contribution is -0.121. The Bertz CT molecular complexity index is 1140. The van der Waals surface area contributed by atoms with Gasteiger partial charge >= 0.3 is 5.97 Å². The number of amides is 1. The molecule has 0 unspecified atom stereocenters. The molecular formula is C25H25ClN2O5S. The topological polar surface area (TPSA) is 77.4 Å². The van der Waals surface area contributed by atoms with Crippen LogP contribution in [0.3, 0.4) is 0 Å². The van der Waals surface area contributed by atoms with Crippen LogP contribution in [-0.4, -0.2) is 48.8 Å². The Morgan fingerprint density at radius 1 is 1.18 bits per heavy atom. The Morgan fingerprint density at radius 2 is 1.91 bits per heavy atom. The summed E-state index contributed by atoms with van der Waals surface area (Å²) in [5, 5.41) is 0.890. The molecule has 3 rings (SSSR count). The Hall–Kier alpha value is -3.23. The third kappa shape index (κ3) is 6.01. The van der Waals surface area contributed by atoms with Gasteiger partial charge in [-0.05, 0) is 73.6 Å². The molecule has 0 saturated carbocycles. The largest absolute Gasteiger partial charge is 0.490 e. The van der Waals surface area contributed by atoms with Crippen molar-refractivity contribution < 1.29 is 23.8 Å². The van der Waals surface area contributed by atoms with Crippen molar-refractivity contribution in [1.29, 1.82) is 0 Å². The number of hydrogen-bond donors (Lipinski definition) is 0. The Kier molecular flexibility index (Phi) is 8.79. The molecular weight excluding hydrogens is 476 g/mol. The summed E-state index contributed by atoms with van der Waals surface area (Å²) in [5.41, 5.74) is 1.75. The first-order valence-corrected chi connectivity index (χ1v) is 11.8. The highest BCUT2D eigenvalue weighted by Crippen LogP contribution is 2.39. The predicted molar refractivity (Wildman–Crippen MR) is 136 cm³/mol. The summed E-state index contributed by atoms with van der Waals surface area (Å²) < 4.78 is 16.3. The molecule has 0 atom stereocenters. The van der Waals surface area contributed by atoms with E-state index < -0.39 is 0 Å². The zero-order valence-electron chi connectivity index (χ0n) is 19.2. The van der Waals surface area contributed by atoms with Gasteiger partial charge in [-0.25, -0.2) is 9.79 Å². The van der Waals surface area contributed by atoms with Crippen LogP contribution in [0.4, 0.5) is 5.69 Å². The van der Waals surface area contributed by atoms with Crippen LogP contribution in [0.1, 0.15) is 29.8 Å². The number of likely N-dealkylation sites (N-methyl/N-ethyl adjacent to an activating group) is 1. The Morgan fingerprint density at radius 3 is 2.56 bits per heavy atom. The molecule has 0 aromatic heterocycles. The van der Waals surface area contributed by atoms with Crippen molar-refractivity contribution in [3.63, 3.8) is 0 Å². The van der Waals surface area contributed by atoms with E-state index in [2.05, 4.69) is 11.6 Å². The van der Waals surface area contributed by atoms with Gasteiger partial charge in [-0.3, -0.25) is 9.69 Å². The molecule has 0 bridgehead atoms. The fourth-order valence-corrected chi connectivity index (χ4v) is 4.28. The Balaban J connectivity index is 1.85. The van der Waals surface area contributed by atoms with Crippen LogP contribution >= 0.6 is 23.4 Å². The number of amidine groups is 1. The molecule has 1 aliphatic heterocycles. The highest BCUT2D eigenvalue weighted by atomic mass is 35.5. The molecule has 1 saturated heterocycles. The van der Waals surface area contributed by atoms with Gasteiger partial charge in [0.15, 0.2) is 16.7 Å². The SMILES string of the molecule is C=CCOc1c(Cl)cc(/C=C2\SC(=Nc3ccc(C(=O)OCC)cc3)N(C)C2=O)cc1OCC. The first kappa shape index (κ1) is 25.4. The second-order valence-corrected chi connectivity index (χ2v) is 8.42. The summed E-state index contributed by atoms with van der Waals surface area (Å²) in [5.74, 6) is 0.345. The first-order chi connectivity index (χ1) is 16.4. The van der Waals surface area contributed by atoms with Gasteiger partial charge < -0.3 is 14.2 Å². The standard InChI is InChI=1S/C25H25ClN2O5S/c1-5-12-33-22-19(26)13-16(14-20(22)31-6-2)15-21-23(29)28(4)25(34-21)27-18-10-8-17(9-11-18)24(30)32-7-3/h5,8-11,13-15H,1,6-7,12H2,2-4H3/b21-15-,27-25?. The van der Waals surface area contributed by atoms with Crippen LogP contribution in [0.2, 0.25) is 5.02 Å². The second-order valence-electron chi connectivity index (χ2n) is 7.00. The molecule has 1 aliphatic rings. The van der Waals surface area contributed by atoms with E-state index in [1.165, 1.54) is 16.7 Å². The summed E-state index contributed by atoms with van der Waals surface area (Å²) in [7, 11) is 1.66. The number of ether oxygens (including phenoxy) is 3. The maximum absolute atomic E-state index is 12.8. The minimum Gasteiger partial charge on any atom is -0.490 e. The lowest BCUT2D eigenvalue weighted by atomic mass is 10.1. The normalized spacial score (nSPS) is 15.6. The van der Waals surface area contributed by atoms with Crippen LogP contribution in [0.15, 0.2) is 59.0 Å². The van der Waals surface area contributed by atoms with Crippen LogP contribution in [0.25, 0.3) is 6.08 Å². The molecule has 1 amide bonds. The van der Waals surface area contributed by atoms with Crippen molar-refractivity contribution in [3.05, 3.63) is 70.1 Å². The number of carbonyl (C=O) groups is 2. The number of aliphatic imine (C=N–C) groups is 1. The molecule has 1 fully saturated rings. The molecule has 0 N–H and O–H groups in total. The molecule has 1 heterocycles. The van der Waals surface area contributed by atoms with Gasteiger partial charge in [0.25, 0.3) is 5.91 Å². The molecule has 2 aromatic rings. The van der Waals surface area contributed by atoms with Crippen molar-refractivity contribution in [2.45, 2.75) is 13.8 Å². The van der Waals surface area contributed by atoms with Gasteiger partial charge in [-0.15, -0.1) is 0 Å². The zero-order valence-corrected chi connectivity index (χ0v) is 20.7. The van der Waals surface area contributed by atoms with E-state index in [0.29, 0.717) is 63.2 Å². The molecule has 34 heavy (non-hydrogen) atoms. The summed E-state index contributed by atoms with van der Waals surface area (Å²) >= 11 is 7.67. The molecule has 178 valence electrons.